The molecule has 0 saturated heterocycles. The van der Waals surface area contributed by atoms with Crippen molar-refractivity contribution in [1.29, 1.82) is 0 Å². The number of nitrogen functional groups attached to an aromatic ring is 1. The highest BCUT2D eigenvalue weighted by Gasteiger charge is 2.19. The van der Waals surface area contributed by atoms with Gasteiger partial charge in [-0.1, -0.05) is 25.7 Å². The molecule has 138 valence electrons. The number of hydrogen-bond donors (Lipinski definition) is 1. The van der Waals surface area contributed by atoms with Gasteiger partial charge in [0.1, 0.15) is 23.4 Å². The third-order valence-electron chi connectivity index (χ3n) is 5.16. The van der Waals surface area contributed by atoms with E-state index >= 15 is 0 Å². The first kappa shape index (κ1) is 17.5. The van der Waals surface area contributed by atoms with Crippen LogP contribution in [-0.2, 0) is 11.2 Å². The number of benzene rings is 1. The number of hydrogen-bond acceptors (Lipinski definition) is 5. The lowest BCUT2D eigenvalue weighted by Crippen LogP contribution is -2.08. The molecule has 2 N–H and O–H groups in total. The van der Waals surface area contributed by atoms with Gasteiger partial charge >= 0.3 is 0 Å². The van der Waals surface area contributed by atoms with Crippen molar-refractivity contribution in [2.24, 2.45) is 5.92 Å². The van der Waals surface area contributed by atoms with Crippen molar-refractivity contribution < 1.29 is 9.18 Å². The van der Waals surface area contributed by atoms with E-state index in [1.807, 2.05) is 6.07 Å². The Morgan fingerprint density at radius 1 is 1.15 bits per heavy atom. The molecule has 1 aliphatic carbocycles. The van der Waals surface area contributed by atoms with Crippen LogP contribution in [0.25, 0.3) is 22.3 Å². The van der Waals surface area contributed by atoms with Crippen molar-refractivity contribution in [2.75, 3.05) is 5.73 Å². The molecule has 1 aromatic carbocycles. The second-order valence-electron chi connectivity index (χ2n) is 7.24. The quantitative estimate of drug-likeness (QED) is 0.737. The van der Waals surface area contributed by atoms with Gasteiger partial charge < -0.3 is 5.73 Å². The number of aromatic nitrogens is 3. The van der Waals surface area contributed by atoms with Gasteiger partial charge in [-0.25, -0.2) is 19.3 Å². The minimum atomic E-state index is -0.379. The Morgan fingerprint density at radius 3 is 2.78 bits per heavy atom. The molecule has 0 aliphatic heterocycles. The Hall–Kier alpha value is -2.89. The van der Waals surface area contributed by atoms with Crippen molar-refractivity contribution >= 4 is 22.6 Å². The number of ketones is 1. The lowest BCUT2D eigenvalue weighted by molar-refractivity contribution is -0.119. The van der Waals surface area contributed by atoms with E-state index in [2.05, 4.69) is 15.0 Å². The molecule has 2 aromatic heterocycles. The molecule has 2 heterocycles. The van der Waals surface area contributed by atoms with E-state index < -0.39 is 0 Å². The summed E-state index contributed by atoms with van der Waals surface area (Å²) >= 11 is 0. The van der Waals surface area contributed by atoms with E-state index in [-0.39, 0.29) is 23.8 Å². The molecule has 27 heavy (non-hydrogen) atoms. The average Bonchev–Trinajstić information content (AvgIpc) is 3.14. The van der Waals surface area contributed by atoms with Gasteiger partial charge in [-0.3, -0.25) is 4.79 Å². The minimum absolute atomic E-state index is 0.169. The van der Waals surface area contributed by atoms with Crippen LogP contribution in [0.4, 0.5) is 10.2 Å². The summed E-state index contributed by atoms with van der Waals surface area (Å²) in [7, 11) is 0. The van der Waals surface area contributed by atoms with Gasteiger partial charge in [0.25, 0.3) is 0 Å². The van der Waals surface area contributed by atoms with Crippen LogP contribution >= 0.6 is 0 Å². The highest BCUT2D eigenvalue weighted by atomic mass is 19.1. The third-order valence-corrected chi connectivity index (χ3v) is 5.16. The molecule has 0 atom stereocenters. The Morgan fingerprint density at radius 2 is 1.96 bits per heavy atom. The normalized spacial score (nSPS) is 14.7. The summed E-state index contributed by atoms with van der Waals surface area (Å²) in [6.07, 6.45) is 6.91. The lowest BCUT2D eigenvalue weighted by Gasteiger charge is -2.09. The fourth-order valence-electron chi connectivity index (χ4n) is 3.86. The van der Waals surface area contributed by atoms with Crippen LogP contribution in [0.2, 0.25) is 0 Å². The second kappa shape index (κ2) is 7.39. The zero-order valence-electron chi connectivity index (χ0n) is 15.0. The number of pyridine rings is 1. The third kappa shape index (κ3) is 3.94. The van der Waals surface area contributed by atoms with Crippen LogP contribution in [-0.4, -0.2) is 20.7 Å². The molecule has 0 spiro atoms. The van der Waals surface area contributed by atoms with Crippen molar-refractivity contribution in [3.8, 4) is 11.3 Å². The molecule has 1 saturated carbocycles. The van der Waals surface area contributed by atoms with Crippen molar-refractivity contribution in [1.82, 2.24) is 15.0 Å². The zero-order valence-corrected chi connectivity index (χ0v) is 15.0. The fourth-order valence-corrected chi connectivity index (χ4v) is 3.86. The molecule has 6 heteroatoms. The minimum Gasteiger partial charge on any atom is -0.382 e. The van der Waals surface area contributed by atoms with E-state index in [4.69, 9.17) is 5.73 Å². The van der Waals surface area contributed by atoms with E-state index in [0.717, 1.165) is 12.8 Å². The summed E-state index contributed by atoms with van der Waals surface area (Å²) in [5, 5.41) is 0. The first-order valence-corrected chi connectivity index (χ1v) is 9.27. The van der Waals surface area contributed by atoms with Gasteiger partial charge in [-0.05, 0) is 41.8 Å². The molecule has 0 bridgehead atoms. The van der Waals surface area contributed by atoms with E-state index in [0.29, 0.717) is 40.2 Å². The molecule has 0 radical (unpaired) electrons. The average molecular weight is 364 g/mol. The Kier molecular flexibility index (Phi) is 4.79. The topological polar surface area (TPSA) is 81.8 Å². The maximum absolute atomic E-state index is 14.2. The first-order chi connectivity index (χ1) is 13.1. The smallest absolute Gasteiger partial charge is 0.153 e. The maximum atomic E-state index is 14.2. The van der Waals surface area contributed by atoms with E-state index in [9.17, 15) is 9.18 Å². The molecule has 0 amide bonds. The Labute approximate surface area is 156 Å². The molecular weight excluding hydrogens is 343 g/mol. The van der Waals surface area contributed by atoms with Gasteiger partial charge in [-0.2, -0.15) is 0 Å². The van der Waals surface area contributed by atoms with Crippen molar-refractivity contribution in [3.05, 3.63) is 48.0 Å². The number of Topliss-reactive ketones (excluding diaryl/α,β-unsaturated/α-hetero) is 1. The number of anilines is 1. The largest absolute Gasteiger partial charge is 0.382 e. The number of nitrogens with two attached hydrogens (primary N) is 1. The van der Waals surface area contributed by atoms with Gasteiger partial charge in [0.05, 0.1) is 11.2 Å². The molecule has 4 rings (SSSR count). The summed E-state index contributed by atoms with van der Waals surface area (Å²) in [4.78, 5) is 24.9. The fraction of sp³-hybridized carbons (Fsp3) is 0.333. The van der Waals surface area contributed by atoms with Crippen LogP contribution in [0.15, 0.2) is 36.7 Å². The predicted molar refractivity (Wildman–Crippen MR) is 102 cm³/mol. The molecular formula is C21H21FN4O. The van der Waals surface area contributed by atoms with Crippen LogP contribution in [0.5, 0.6) is 0 Å². The summed E-state index contributed by atoms with van der Waals surface area (Å²) in [6, 6.07) is 8.22. The Bertz CT molecular complexity index is 999. The van der Waals surface area contributed by atoms with E-state index in [1.165, 1.54) is 31.3 Å². The summed E-state index contributed by atoms with van der Waals surface area (Å²) < 4.78 is 14.2. The predicted octanol–water partition coefficient (Wildman–Crippen LogP) is 4.11. The monoisotopic (exact) mass is 364 g/mol. The summed E-state index contributed by atoms with van der Waals surface area (Å²) in [5.74, 6) is 0.568. The number of halogens is 1. The Balaban J connectivity index is 1.60. The van der Waals surface area contributed by atoms with Crippen molar-refractivity contribution in [3.63, 3.8) is 0 Å². The van der Waals surface area contributed by atoms with Crippen LogP contribution < -0.4 is 5.73 Å². The zero-order chi connectivity index (χ0) is 18.8. The van der Waals surface area contributed by atoms with E-state index in [1.54, 1.807) is 12.1 Å². The second-order valence-corrected chi connectivity index (χ2v) is 7.24. The van der Waals surface area contributed by atoms with Gasteiger partial charge in [-0.15, -0.1) is 0 Å². The highest BCUT2D eigenvalue weighted by molar-refractivity contribution is 5.86. The number of fused-ring (bicyclic) bond motifs is 1. The standard InChI is InChI=1S/C21H21FN4O/c22-16-8-14(10-17(27)9-13-3-1-2-4-13)7-15(11-16)18-5-6-19-20(26-18)21(23)25-12-24-19/h5-8,11-13H,1-4,9-10H2,(H2,23,24,25). The highest BCUT2D eigenvalue weighted by Crippen LogP contribution is 2.29. The van der Waals surface area contributed by atoms with Gasteiger partial charge in [0, 0.05) is 18.4 Å². The van der Waals surface area contributed by atoms with Crippen LogP contribution in [0.3, 0.4) is 0 Å². The molecule has 0 unspecified atom stereocenters. The number of carbonyl (C=O) groups is 1. The van der Waals surface area contributed by atoms with Crippen LogP contribution in [0, 0.1) is 11.7 Å². The number of nitrogens with zero attached hydrogens (tertiary/aromatic N) is 3. The maximum Gasteiger partial charge on any atom is 0.153 e. The molecule has 1 fully saturated rings. The van der Waals surface area contributed by atoms with Gasteiger partial charge in [0.15, 0.2) is 5.82 Å². The summed E-state index contributed by atoms with van der Waals surface area (Å²) in [5.41, 5.74) is 8.86. The van der Waals surface area contributed by atoms with Crippen LogP contribution in [0.1, 0.15) is 37.7 Å². The SMILES string of the molecule is Nc1ncnc2ccc(-c3cc(F)cc(CC(=O)CC4CCCC4)c3)nc12. The summed E-state index contributed by atoms with van der Waals surface area (Å²) in [6.45, 7) is 0. The number of carbonyl (C=O) groups excluding carboxylic acids is 1. The number of rotatable bonds is 5. The molecule has 1 aliphatic rings. The molecule has 5 nitrogen and oxygen atoms in total. The van der Waals surface area contributed by atoms with Gasteiger partial charge in [0.2, 0.25) is 0 Å². The first-order valence-electron chi connectivity index (χ1n) is 9.27. The van der Waals surface area contributed by atoms with Crippen molar-refractivity contribution in [2.45, 2.75) is 38.5 Å². The lowest BCUT2D eigenvalue weighted by atomic mass is 9.96. The molecule has 3 aromatic rings.